The van der Waals surface area contributed by atoms with Crippen LogP contribution in [0.2, 0.25) is 0 Å². The Kier molecular flexibility index (Phi) is 9.07. The number of halogens is 6. The number of rotatable bonds is 7. The molecule has 6 atom stereocenters. The number of nitrogens with zero attached hydrogens (tertiary/aromatic N) is 4. The van der Waals surface area contributed by atoms with Gasteiger partial charge in [0, 0.05) is 11.8 Å². The van der Waals surface area contributed by atoms with Crippen LogP contribution in [0.15, 0.2) is 36.7 Å². The average Bonchev–Trinajstić information content (AvgIpc) is 3.45. The predicted octanol–water partition coefficient (Wildman–Crippen LogP) is 3.93. The highest BCUT2D eigenvalue weighted by Crippen LogP contribution is 2.52. The molecule has 5 rings (SSSR count). The van der Waals surface area contributed by atoms with E-state index in [4.69, 9.17) is 4.74 Å². The molecule has 2 aliphatic rings. The second kappa shape index (κ2) is 12.3. The molecule has 9 nitrogen and oxygen atoms in total. The molecule has 3 heterocycles. The van der Waals surface area contributed by atoms with Crippen molar-refractivity contribution in [3.8, 4) is 11.3 Å². The van der Waals surface area contributed by atoms with E-state index in [1.165, 1.54) is 6.20 Å². The van der Waals surface area contributed by atoms with Crippen LogP contribution in [0.1, 0.15) is 54.7 Å². The van der Waals surface area contributed by atoms with E-state index in [1.807, 2.05) is 0 Å². The summed E-state index contributed by atoms with van der Waals surface area (Å²) in [6.07, 6.45) is -5.01. The largest absolute Gasteiger partial charge is 0.418 e. The molecule has 0 spiro atoms. The molecule has 1 aromatic carbocycles. The molecular weight excluding hydrogens is 606 g/mol. The summed E-state index contributed by atoms with van der Waals surface area (Å²) in [5.41, 5.74) is -4.93. The molecule has 4 N–H and O–H groups in total. The first-order valence-corrected chi connectivity index (χ1v) is 14.4. The summed E-state index contributed by atoms with van der Waals surface area (Å²) in [6, 6.07) is 1.92. The molecule has 43 heavy (non-hydrogen) atoms. The van der Waals surface area contributed by atoms with Crippen LogP contribution in [-0.4, -0.2) is 76.4 Å². The number of pyridine rings is 1. The van der Waals surface area contributed by atoms with Crippen molar-refractivity contribution in [3.05, 3.63) is 65.4 Å². The standard InChI is InChI=1S/C27H28F6N4O5S/c28-15-9-13(10-16(29)19(15)30)17-11-37(36-35-17)21-22(39)18(12-38)42-25(23(21)40)43-24(26(41)6-2-1-3-7-26)20-14(27(31,32)33)5-4-8-34-20/h4-5,8-11,18,21-25,38-41H,1-3,6-7,12H2/t18-,21+,22+,23-,24+,25+/m1/s1. The number of aromatic nitrogens is 4. The summed E-state index contributed by atoms with van der Waals surface area (Å²) < 4.78 is 90.0. The molecule has 2 fully saturated rings. The van der Waals surface area contributed by atoms with Crippen molar-refractivity contribution < 1.29 is 51.5 Å². The highest BCUT2D eigenvalue weighted by atomic mass is 32.2. The van der Waals surface area contributed by atoms with Crippen LogP contribution in [0.25, 0.3) is 11.3 Å². The van der Waals surface area contributed by atoms with Gasteiger partial charge < -0.3 is 25.2 Å². The lowest BCUT2D eigenvalue weighted by molar-refractivity contribution is -0.179. The summed E-state index contributed by atoms with van der Waals surface area (Å²) in [5, 5.41) is 50.3. The van der Waals surface area contributed by atoms with Gasteiger partial charge in [-0.25, -0.2) is 17.9 Å². The normalized spacial score (nSPS) is 26.8. The fourth-order valence-corrected chi connectivity index (χ4v) is 7.23. The zero-order valence-electron chi connectivity index (χ0n) is 22.3. The van der Waals surface area contributed by atoms with Gasteiger partial charge in [0.1, 0.15) is 35.5 Å². The van der Waals surface area contributed by atoms with Crippen molar-refractivity contribution in [3.63, 3.8) is 0 Å². The van der Waals surface area contributed by atoms with E-state index in [0.717, 1.165) is 29.4 Å². The Hall–Kier alpha value is -2.76. The second-order valence-corrected chi connectivity index (χ2v) is 11.9. The monoisotopic (exact) mass is 634 g/mol. The first-order valence-electron chi connectivity index (χ1n) is 13.4. The van der Waals surface area contributed by atoms with Gasteiger partial charge in [0.2, 0.25) is 0 Å². The molecule has 1 aliphatic carbocycles. The maximum Gasteiger partial charge on any atom is 0.418 e. The van der Waals surface area contributed by atoms with Gasteiger partial charge in [-0.2, -0.15) is 13.2 Å². The number of aliphatic hydroxyl groups excluding tert-OH is 3. The molecule has 0 unspecified atom stereocenters. The van der Waals surface area contributed by atoms with Crippen molar-refractivity contribution >= 4 is 11.8 Å². The first-order chi connectivity index (χ1) is 20.3. The predicted molar refractivity (Wildman–Crippen MR) is 140 cm³/mol. The minimum atomic E-state index is -4.80. The van der Waals surface area contributed by atoms with Gasteiger partial charge in [0.05, 0.1) is 34.9 Å². The Balaban J connectivity index is 1.51. The van der Waals surface area contributed by atoms with Crippen molar-refractivity contribution in [1.82, 2.24) is 20.0 Å². The average molecular weight is 635 g/mol. The van der Waals surface area contributed by atoms with Crippen molar-refractivity contribution in [1.29, 1.82) is 0 Å². The van der Waals surface area contributed by atoms with Crippen LogP contribution in [0.3, 0.4) is 0 Å². The summed E-state index contributed by atoms with van der Waals surface area (Å²) in [5.74, 6) is -4.65. The van der Waals surface area contributed by atoms with Gasteiger partial charge >= 0.3 is 6.18 Å². The van der Waals surface area contributed by atoms with Gasteiger partial charge in [0.15, 0.2) is 17.5 Å². The molecular formula is C27H28F6N4O5S. The summed E-state index contributed by atoms with van der Waals surface area (Å²) in [7, 11) is 0. The van der Waals surface area contributed by atoms with Crippen LogP contribution >= 0.6 is 11.8 Å². The van der Waals surface area contributed by atoms with Crippen LogP contribution in [0.4, 0.5) is 26.3 Å². The third kappa shape index (κ3) is 6.26. The fourth-order valence-electron chi connectivity index (χ4n) is 5.62. The molecule has 1 saturated heterocycles. The van der Waals surface area contributed by atoms with Crippen LogP contribution < -0.4 is 0 Å². The summed E-state index contributed by atoms with van der Waals surface area (Å²) in [6.45, 7) is -0.760. The van der Waals surface area contributed by atoms with Gasteiger partial charge in [0.25, 0.3) is 0 Å². The molecule has 0 radical (unpaired) electrons. The molecule has 1 saturated carbocycles. The molecule has 16 heteroatoms. The van der Waals surface area contributed by atoms with Crippen LogP contribution in [0.5, 0.6) is 0 Å². The smallest absolute Gasteiger partial charge is 0.394 e. The lowest BCUT2D eigenvalue weighted by Gasteiger charge is -2.45. The maximum absolute atomic E-state index is 14.1. The van der Waals surface area contributed by atoms with E-state index in [0.29, 0.717) is 36.7 Å². The van der Waals surface area contributed by atoms with E-state index >= 15 is 0 Å². The molecule has 0 amide bonds. The molecule has 234 valence electrons. The van der Waals surface area contributed by atoms with E-state index in [1.54, 1.807) is 0 Å². The lowest BCUT2D eigenvalue weighted by Crippen LogP contribution is -2.55. The highest BCUT2D eigenvalue weighted by molar-refractivity contribution is 8.00. The number of thioether (sulfide) groups is 1. The van der Waals surface area contributed by atoms with Crippen molar-refractivity contribution in [2.24, 2.45) is 0 Å². The highest BCUT2D eigenvalue weighted by Gasteiger charge is 2.51. The molecule has 0 bridgehead atoms. The number of hydrogen-bond donors (Lipinski definition) is 4. The van der Waals surface area contributed by atoms with Crippen LogP contribution in [0, 0.1) is 17.5 Å². The summed E-state index contributed by atoms with van der Waals surface area (Å²) in [4.78, 5) is 3.99. The van der Waals surface area contributed by atoms with Crippen molar-refractivity contribution in [2.45, 2.75) is 78.9 Å². The number of benzene rings is 1. The van der Waals surface area contributed by atoms with E-state index in [9.17, 15) is 46.8 Å². The first kappa shape index (κ1) is 31.7. The second-order valence-electron chi connectivity index (χ2n) is 10.6. The van der Waals surface area contributed by atoms with Gasteiger partial charge in [-0.15, -0.1) is 16.9 Å². The SMILES string of the molecule is OC[C@H]1O[C@@H](S[C@@H](c2ncccc2C(F)(F)F)C2(O)CCCCC2)[C@H](O)[C@@H](n2cc(-c3cc(F)c(F)c(F)c3)nn2)[C@H]1O. The van der Waals surface area contributed by atoms with E-state index in [2.05, 4.69) is 15.3 Å². The number of ether oxygens (including phenoxy) is 1. The van der Waals surface area contributed by atoms with Gasteiger partial charge in [-0.05, 0) is 37.1 Å². The Morgan fingerprint density at radius 3 is 2.37 bits per heavy atom. The van der Waals surface area contributed by atoms with Crippen molar-refractivity contribution in [2.75, 3.05) is 6.61 Å². The third-order valence-electron chi connectivity index (χ3n) is 7.81. The Morgan fingerprint density at radius 2 is 1.74 bits per heavy atom. The van der Waals surface area contributed by atoms with Gasteiger partial charge in [-0.3, -0.25) is 4.98 Å². The Morgan fingerprint density at radius 1 is 1.07 bits per heavy atom. The minimum absolute atomic E-state index is 0.147. The molecule has 1 aliphatic heterocycles. The number of aliphatic hydroxyl groups is 4. The zero-order chi connectivity index (χ0) is 31.1. The summed E-state index contributed by atoms with van der Waals surface area (Å²) >= 11 is 0.681. The Labute approximate surface area is 245 Å². The minimum Gasteiger partial charge on any atom is -0.394 e. The fraction of sp³-hybridized carbons (Fsp3) is 0.519. The zero-order valence-corrected chi connectivity index (χ0v) is 23.1. The Bertz CT molecular complexity index is 1420. The third-order valence-corrected chi connectivity index (χ3v) is 9.41. The van der Waals surface area contributed by atoms with E-state index in [-0.39, 0.29) is 24.1 Å². The lowest BCUT2D eigenvalue weighted by atomic mass is 9.80. The molecule has 2 aromatic heterocycles. The maximum atomic E-state index is 14.1. The number of hydrogen-bond acceptors (Lipinski definition) is 9. The molecule has 3 aromatic rings. The quantitative estimate of drug-likeness (QED) is 0.225. The van der Waals surface area contributed by atoms with Crippen LogP contribution in [-0.2, 0) is 10.9 Å². The number of alkyl halides is 3. The van der Waals surface area contributed by atoms with Gasteiger partial charge in [-0.1, -0.05) is 24.5 Å². The van der Waals surface area contributed by atoms with E-state index < -0.39 is 82.1 Å². The topological polar surface area (TPSA) is 134 Å².